The SMILES string of the molecule is CCNC(=NCc1ccc(C)cc1)NCc1ccccc1N1CCOCC1. The van der Waals surface area contributed by atoms with Crippen molar-refractivity contribution in [1.82, 2.24) is 10.6 Å². The summed E-state index contributed by atoms with van der Waals surface area (Å²) < 4.78 is 5.49. The van der Waals surface area contributed by atoms with Crippen molar-refractivity contribution in [3.05, 3.63) is 65.2 Å². The molecule has 2 aromatic rings. The lowest BCUT2D eigenvalue weighted by molar-refractivity contribution is 0.122. The van der Waals surface area contributed by atoms with Crippen LogP contribution in [0.2, 0.25) is 0 Å². The Kier molecular flexibility index (Phi) is 7.11. The van der Waals surface area contributed by atoms with Crippen LogP contribution in [0.25, 0.3) is 0 Å². The Balaban J connectivity index is 1.65. The van der Waals surface area contributed by atoms with Crippen LogP contribution in [0.3, 0.4) is 0 Å². The maximum Gasteiger partial charge on any atom is 0.191 e. The van der Waals surface area contributed by atoms with Crippen LogP contribution in [0.4, 0.5) is 5.69 Å². The van der Waals surface area contributed by atoms with Gasteiger partial charge in [-0.25, -0.2) is 4.99 Å². The fourth-order valence-electron chi connectivity index (χ4n) is 3.16. The molecular weight excluding hydrogens is 336 g/mol. The molecule has 1 saturated heterocycles. The third-order valence-corrected chi connectivity index (χ3v) is 4.67. The van der Waals surface area contributed by atoms with E-state index < -0.39 is 0 Å². The van der Waals surface area contributed by atoms with Gasteiger partial charge in [-0.1, -0.05) is 48.0 Å². The topological polar surface area (TPSA) is 48.9 Å². The summed E-state index contributed by atoms with van der Waals surface area (Å²) in [7, 11) is 0. The van der Waals surface area contributed by atoms with E-state index in [1.54, 1.807) is 0 Å². The molecule has 0 bridgehead atoms. The molecule has 0 radical (unpaired) electrons. The summed E-state index contributed by atoms with van der Waals surface area (Å²) in [6.45, 7) is 9.91. The molecule has 5 nitrogen and oxygen atoms in total. The van der Waals surface area contributed by atoms with Gasteiger partial charge in [-0.05, 0) is 31.0 Å². The van der Waals surface area contributed by atoms with Crippen LogP contribution < -0.4 is 15.5 Å². The molecule has 1 fully saturated rings. The number of aryl methyl sites for hydroxylation is 1. The maximum absolute atomic E-state index is 5.49. The number of rotatable bonds is 6. The predicted molar refractivity (Wildman–Crippen MR) is 112 cm³/mol. The fourth-order valence-corrected chi connectivity index (χ4v) is 3.16. The molecule has 1 aliphatic rings. The minimum atomic E-state index is 0.667. The van der Waals surface area contributed by atoms with Gasteiger partial charge in [-0.3, -0.25) is 0 Å². The molecule has 0 aliphatic carbocycles. The minimum absolute atomic E-state index is 0.667. The molecule has 0 saturated carbocycles. The van der Waals surface area contributed by atoms with Crippen molar-refractivity contribution in [3.8, 4) is 0 Å². The van der Waals surface area contributed by atoms with Gasteiger partial charge in [-0.15, -0.1) is 0 Å². The first kappa shape index (κ1) is 19.2. The number of morpholine rings is 1. The quantitative estimate of drug-likeness (QED) is 0.609. The van der Waals surface area contributed by atoms with Gasteiger partial charge >= 0.3 is 0 Å². The van der Waals surface area contributed by atoms with Crippen molar-refractivity contribution in [2.24, 2.45) is 4.99 Å². The van der Waals surface area contributed by atoms with Gasteiger partial charge in [0.15, 0.2) is 5.96 Å². The average molecular weight is 367 g/mol. The Bertz CT molecular complexity index is 736. The number of anilines is 1. The van der Waals surface area contributed by atoms with E-state index in [1.807, 2.05) is 0 Å². The third-order valence-electron chi connectivity index (χ3n) is 4.67. The summed E-state index contributed by atoms with van der Waals surface area (Å²) in [6, 6.07) is 17.1. The second-order valence-corrected chi connectivity index (χ2v) is 6.76. The van der Waals surface area contributed by atoms with Gasteiger partial charge in [0.1, 0.15) is 0 Å². The second-order valence-electron chi connectivity index (χ2n) is 6.76. The Morgan fingerprint density at radius 3 is 2.52 bits per heavy atom. The lowest BCUT2D eigenvalue weighted by Gasteiger charge is -2.30. The van der Waals surface area contributed by atoms with E-state index >= 15 is 0 Å². The zero-order valence-electron chi connectivity index (χ0n) is 16.4. The third kappa shape index (κ3) is 5.73. The Hall–Kier alpha value is -2.53. The number of para-hydroxylation sites is 1. The van der Waals surface area contributed by atoms with E-state index in [2.05, 4.69) is 77.9 Å². The highest BCUT2D eigenvalue weighted by molar-refractivity contribution is 5.80. The van der Waals surface area contributed by atoms with Gasteiger partial charge in [0.25, 0.3) is 0 Å². The Morgan fingerprint density at radius 2 is 1.78 bits per heavy atom. The highest BCUT2D eigenvalue weighted by Crippen LogP contribution is 2.21. The van der Waals surface area contributed by atoms with Crippen LogP contribution in [0, 0.1) is 6.92 Å². The average Bonchev–Trinajstić information content (AvgIpc) is 2.72. The lowest BCUT2D eigenvalue weighted by Crippen LogP contribution is -2.39. The van der Waals surface area contributed by atoms with E-state index in [4.69, 9.17) is 9.73 Å². The van der Waals surface area contributed by atoms with Gasteiger partial charge in [0.05, 0.1) is 19.8 Å². The standard InChI is InChI=1S/C22H30N4O/c1-3-23-22(24-16-19-10-8-18(2)9-11-19)25-17-20-6-4-5-7-21(20)26-12-14-27-15-13-26/h4-11H,3,12-17H2,1-2H3,(H2,23,24,25). The zero-order chi connectivity index (χ0) is 18.9. The lowest BCUT2D eigenvalue weighted by atomic mass is 10.1. The highest BCUT2D eigenvalue weighted by Gasteiger charge is 2.14. The first-order valence-electron chi connectivity index (χ1n) is 9.74. The molecule has 3 rings (SSSR count). The molecule has 0 aromatic heterocycles. The molecule has 0 spiro atoms. The number of hydrogen-bond acceptors (Lipinski definition) is 3. The van der Waals surface area contributed by atoms with Crippen LogP contribution >= 0.6 is 0 Å². The van der Waals surface area contributed by atoms with Crippen molar-refractivity contribution in [2.45, 2.75) is 26.9 Å². The number of aliphatic imine (C=N–C) groups is 1. The van der Waals surface area contributed by atoms with E-state index in [1.165, 1.54) is 22.4 Å². The molecule has 0 amide bonds. The van der Waals surface area contributed by atoms with Crippen molar-refractivity contribution in [1.29, 1.82) is 0 Å². The summed E-state index contributed by atoms with van der Waals surface area (Å²) >= 11 is 0. The summed E-state index contributed by atoms with van der Waals surface area (Å²) in [5, 5.41) is 6.82. The van der Waals surface area contributed by atoms with Crippen LogP contribution in [-0.4, -0.2) is 38.8 Å². The molecule has 0 unspecified atom stereocenters. The molecule has 144 valence electrons. The van der Waals surface area contributed by atoms with Gasteiger partial charge in [0, 0.05) is 31.9 Å². The summed E-state index contributed by atoms with van der Waals surface area (Å²) in [6.07, 6.45) is 0. The Morgan fingerprint density at radius 1 is 1.04 bits per heavy atom. The monoisotopic (exact) mass is 366 g/mol. The van der Waals surface area contributed by atoms with Crippen LogP contribution in [0.1, 0.15) is 23.6 Å². The largest absolute Gasteiger partial charge is 0.378 e. The van der Waals surface area contributed by atoms with Crippen molar-refractivity contribution >= 4 is 11.6 Å². The second kappa shape index (κ2) is 9.97. The van der Waals surface area contributed by atoms with E-state index in [-0.39, 0.29) is 0 Å². The van der Waals surface area contributed by atoms with Gasteiger partial charge in [-0.2, -0.15) is 0 Å². The highest BCUT2D eigenvalue weighted by atomic mass is 16.5. The number of guanidine groups is 1. The van der Waals surface area contributed by atoms with E-state index in [0.717, 1.165) is 45.4 Å². The van der Waals surface area contributed by atoms with Gasteiger partial charge in [0.2, 0.25) is 0 Å². The molecular formula is C22H30N4O. The van der Waals surface area contributed by atoms with Crippen LogP contribution in [0.15, 0.2) is 53.5 Å². The number of benzene rings is 2. The number of nitrogens with zero attached hydrogens (tertiary/aromatic N) is 2. The molecule has 0 atom stereocenters. The zero-order valence-corrected chi connectivity index (χ0v) is 16.4. The first-order valence-corrected chi connectivity index (χ1v) is 9.74. The number of ether oxygens (including phenoxy) is 1. The molecule has 2 aromatic carbocycles. The van der Waals surface area contributed by atoms with Crippen LogP contribution in [0.5, 0.6) is 0 Å². The van der Waals surface area contributed by atoms with E-state index in [0.29, 0.717) is 6.54 Å². The summed E-state index contributed by atoms with van der Waals surface area (Å²) in [4.78, 5) is 7.13. The predicted octanol–water partition coefficient (Wildman–Crippen LogP) is 3.09. The molecule has 1 aliphatic heterocycles. The summed E-state index contributed by atoms with van der Waals surface area (Å²) in [5.41, 5.74) is 5.04. The van der Waals surface area contributed by atoms with E-state index in [9.17, 15) is 0 Å². The van der Waals surface area contributed by atoms with Crippen molar-refractivity contribution in [3.63, 3.8) is 0 Å². The normalized spacial score (nSPS) is 14.9. The number of nitrogens with one attached hydrogen (secondary N) is 2. The maximum atomic E-state index is 5.49. The van der Waals surface area contributed by atoms with Crippen molar-refractivity contribution in [2.75, 3.05) is 37.7 Å². The van der Waals surface area contributed by atoms with Crippen LogP contribution in [-0.2, 0) is 17.8 Å². The Labute approximate surface area is 162 Å². The smallest absolute Gasteiger partial charge is 0.191 e. The first-order chi connectivity index (χ1) is 13.3. The molecule has 1 heterocycles. The summed E-state index contributed by atoms with van der Waals surface area (Å²) in [5.74, 6) is 0.842. The minimum Gasteiger partial charge on any atom is -0.378 e. The molecule has 27 heavy (non-hydrogen) atoms. The molecule has 5 heteroatoms. The van der Waals surface area contributed by atoms with Crippen molar-refractivity contribution < 1.29 is 4.74 Å². The van der Waals surface area contributed by atoms with Gasteiger partial charge < -0.3 is 20.3 Å². The number of hydrogen-bond donors (Lipinski definition) is 2. The fraction of sp³-hybridized carbons (Fsp3) is 0.409. The molecule has 2 N–H and O–H groups in total.